The van der Waals surface area contributed by atoms with E-state index in [4.69, 9.17) is 5.84 Å². The molecule has 2 unspecified atom stereocenters. The summed E-state index contributed by atoms with van der Waals surface area (Å²) in [6, 6.07) is 6.38. The van der Waals surface area contributed by atoms with Crippen molar-refractivity contribution in [2.45, 2.75) is 58.4 Å². The van der Waals surface area contributed by atoms with Gasteiger partial charge in [0.1, 0.15) is 0 Å². The molecule has 0 saturated heterocycles. The third-order valence-electron chi connectivity index (χ3n) is 3.58. The molecule has 3 heteroatoms. The Kier molecular flexibility index (Phi) is 7.62. The first-order valence-electron chi connectivity index (χ1n) is 7.16. The van der Waals surface area contributed by atoms with Gasteiger partial charge in [-0.25, -0.2) is 0 Å². The Bertz CT molecular complexity index is 300. The van der Waals surface area contributed by atoms with Gasteiger partial charge in [-0.05, 0) is 24.5 Å². The molecule has 1 aromatic rings. The van der Waals surface area contributed by atoms with Crippen LogP contribution >= 0.6 is 0 Å². The van der Waals surface area contributed by atoms with E-state index in [-0.39, 0.29) is 0 Å². The van der Waals surface area contributed by atoms with E-state index in [2.05, 4.69) is 30.3 Å². The van der Waals surface area contributed by atoms with E-state index >= 15 is 0 Å². The molecule has 0 fully saturated rings. The van der Waals surface area contributed by atoms with Crippen molar-refractivity contribution in [1.82, 2.24) is 10.4 Å². The molecule has 3 nitrogen and oxygen atoms in total. The second-order valence-electron chi connectivity index (χ2n) is 5.04. The van der Waals surface area contributed by atoms with E-state index in [0.717, 1.165) is 24.5 Å². The molecular formula is C15H27N3. The Balaban J connectivity index is 2.45. The largest absolute Gasteiger partial charge is 0.271 e. The number of rotatable bonds is 9. The van der Waals surface area contributed by atoms with E-state index in [0.29, 0.717) is 6.04 Å². The minimum absolute atomic E-state index is 0.335. The summed E-state index contributed by atoms with van der Waals surface area (Å²) in [7, 11) is 0. The summed E-state index contributed by atoms with van der Waals surface area (Å²) in [5, 5.41) is 0. The van der Waals surface area contributed by atoms with Crippen molar-refractivity contribution in [3.63, 3.8) is 0 Å². The summed E-state index contributed by atoms with van der Waals surface area (Å²) in [5.74, 6) is 6.45. The Morgan fingerprint density at radius 2 is 2.17 bits per heavy atom. The molecule has 102 valence electrons. The molecule has 0 amide bonds. The molecule has 18 heavy (non-hydrogen) atoms. The highest BCUT2D eigenvalue weighted by Gasteiger charge is 2.14. The van der Waals surface area contributed by atoms with Gasteiger partial charge >= 0.3 is 0 Å². The molecule has 0 aliphatic rings. The average molecular weight is 249 g/mol. The molecular weight excluding hydrogens is 222 g/mol. The van der Waals surface area contributed by atoms with Gasteiger partial charge in [0.05, 0.1) is 0 Å². The summed E-state index contributed by atoms with van der Waals surface area (Å²) in [6.07, 6.45) is 9.05. The Hall–Kier alpha value is -0.930. The number of nitrogens with one attached hydrogen (secondary N) is 1. The van der Waals surface area contributed by atoms with Gasteiger partial charge in [0.2, 0.25) is 0 Å². The molecule has 1 aromatic heterocycles. The van der Waals surface area contributed by atoms with Crippen LogP contribution in [0.5, 0.6) is 0 Å². The highest BCUT2D eigenvalue weighted by Crippen LogP contribution is 2.19. The van der Waals surface area contributed by atoms with Crippen molar-refractivity contribution in [3.05, 3.63) is 30.1 Å². The van der Waals surface area contributed by atoms with Gasteiger partial charge in [-0.2, -0.15) is 0 Å². The van der Waals surface area contributed by atoms with Gasteiger partial charge in [0.15, 0.2) is 0 Å². The van der Waals surface area contributed by atoms with Gasteiger partial charge in [-0.15, -0.1) is 0 Å². The summed E-state index contributed by atoms with van der Waals surface area (Å²) in [4.78, 5) is 4.37. The molecule has 3 N–H and O–H groups in total. The SMILES string of the molecule is CCCCC(CC)CC(Cc1ccccn1)NN. The van der Waals surface area contributed by atoms with Gasteiger partial charge in [-0.1, -0.05) is 45.6 Å². The normalized spacial score (nSPS) is 14.4. The number of unbranched alkanes of at least 4 members (excludes halogenated alkanes) is 1. The van der Waals surface area contributed by atoms with Crippen LogP contribution in [0.3, 0.4) is 0 Å². The number of nitrogens with two attached hydrogens (primary N) is 1. The quantitative estimate of drug-likeness (QED) is 0.522. The zero-order valence-corrected chi connectivity index (χ0v) is 11.7. The van der Waals surface area contributed by atoms with Crippen LogP contribution in [0.1, 0.15) is 51.6 Å². The molecule has 2 atom stereocenters. The van der Waals surface area contributed by atoms with E-state index in [9.17, 15) is 0 Å². The fourth-order valence-electron chi connectivity index (χ4n) is 2.37. The van der Waals surface area contributed by atoms with Crippen LogP contribution in [-0.4, -0.2) is 11.0 Å². The highest BCUT2D eigenvalue weighted by molar-refractivity contribution is 5.05. The van der Waals surface area contributed by atoms with Crippen molar-refractivity contribution >= 4 is 0 Å². The van der Waals surface area contributed by atoms with Crippen LogP contribution < -0.4 is 11.3 Å². The minimum Gasteiger partial charge on any atom is -0.271 e. The Morgan fingerprint density at radius 3 is 2.72 bits per heavy atom. The van der Waals surface area contributed by atoms with Crippen LogP contribution in [0.2, 0.25) is 0 Å². The first-order chi connectivity index (χ1) is 8.80. The number of hydrogen-bond donors (Lipinski definition) is 2. The lowest BCUT2D eigenvalue weighted by atomic mass is 9.90. The van der Waals surface area contributed by atoms with Crippen LogP contribution in [0.4, 0.5) is 0 Å². The minimum atomic E-state index is 0.335. The van der Waals surface area contributed by atoms with Crippen molar-refractivity contribution < 1.29 is 0 Å². The second-order valence-corrected chi connectivity index (χ2v) is 5.04. The van der Waals surface area contributed by atoms with Crippen LogP contribution in [0.15, 0.2) is 24.4 Å². The lowest BCUT2D eigenvalue weighted by Gasteiger charge is -2.22. The third kappa shape index (κ3) is 5.61. The lowest BCUT2D eigenvalue weighted by molar-refractivity contribution is 0.348. The number of hydrogen-bond acceptors (Lipinski definition) is 3. The molecule has 0 saturated carbocycles. The van der Waals surface area contributed by atoms with Gasteiger partial charge in [-0.3, -0.25) is 16.3 Å². The molecule has 0 radical (unpaired) electrons. The Labute approximate surface area is 111 Å². The maximum atomic E-state index is 5.67. The smallest absolute Gasteiger partial charge is 0.0419 e. The van der Waals surface area contributed by atoms with Gasteiger partial charge in [0, 0.05) is 24.4 Å². The van der Waals surface area contributed by atoms with E-state index in [1.165, 1.54) is 25.7 Å². The zero-order valence-electron chi connectivity index (χ0n) is 11.7. The molecule has 0 aliphatic carbocycles. The summed E-state index contributed by atoms with van der Waals surface area (Å²) in [6.45, 7) is 4.52. The van der Waals surface area contributed by atoms with E-state index in [1.807, 2.05) is 18.3 Å². The number of pyridine rings is 1. The van der Waals surface area contributed by atoms with Crippen molar-refractivity contribution in [3.8, 4) is 0 Å². The van der Waals surface area contributed by atoms with Crippen LogP contribution in [0.25, 0.3) is 0 Å². The molecule has 0 spiro atoms. The highest BCUT2D eigenvalue weighted by atomic mass is 15.2. The fourth-order valence-corrected chi connectivity index (χ4v) is 2.37. The van der Waals surface area contributed by atoms with Crippen molar-refractivity contribution in [1.29, 1.82) is 0 Å². The van der Waals surface area contributed by atoms with Crippen LogP contribution in [0, 0.1) is 5.92 Å². The molecule has 1 heterocycles. The van der Waals surface area contributed by atoms with Gasteiger partial charge in [0.25, 0.3) is 0 Å². The molecule has 1 rings (SSSR count). The predicted octanol–water partition coefficient (Wildman–Crippen LogP) is 3.06. The molecule has 0 aromatic carbocycles. The molecule has 0 bridgehead atoms. The first kappa shape index (κ1) is 15.1. The van der Waals surface area contributed by atoms with E-state index in [1.54, 1.807) is 0 Å². The average Bonchev–Trinajstić information content (AvgIpc) is 2.43. The zero-order chi connectivity index (χ0) is 13.2. The predicted molar refractivity (Wildman–Crippen MR) is 77.0 cm³/mol. The monoisotopic (exact) mass is 249 g/mol. The van der Waals surface area contributed by atoms with E-state index < -0.39 is 0 Å². The topological polar surface area (TPSA) is 50.9 Å². The summed E-state index contributed by atoms with van der Waals surface area (Å²) < 4.78 is 0. The molecule has 0 aliphatic heterocycles. The number of nitrogens with zero attached hydrogens (tertiary/aromatic N) is 1. The Morgan fingerprint density at radius 1 is 1.33 bits per heavy atom. The second kappa shape index (κ2) is 9.06. The number of hydrazine groups is 1. The summed E-state index contributed by atoms with van der Waals surface area (Å²) >= 11 is 0. The van der Waals surface area contributed by atoms with Gasteiger partial charge < -0.3 is 0 Å². The third-order valence-corrected chi connectivity index (χ3v) is 3.58. The maximum Gasteiger partial charge on any atom is 0.0419 e. The first-order valence-corrected chi connectivity index (χ1v) is 7.16. The summed E-state index contributed by atoms with van der Waals surface area (Å²) in [5.41, 5.74) is 4.07. The lowest BCUT2D eigenvalue weighted by Crippen LogP contribution is -2.38. The number of aromatic nitrogens is 1. The van der Waals surface area contributed by atoms with Crippen LogP contribution in [-0.2, 0) is 6.42 Å². The van der Waals surface area contributed by atoms with Crippen molar-refractivity contribution in [2.75, 3.05) is 0 Å². The maximum absolute atomic E-state index is 5.67. The van der Waals surface area contributed by atoms with Crippen molar-refractivity contribution in [2.24, 2.45) is 11.8 Å². The fraction of sp³-hybridized carbons (Fsp3) is 0.667. The standard InChI is InChI=1S/C15H27N3/c1-3-5-8-13(4-2)11-15(18-16)12-14-9-6-7-10-17-14/h6-7,9-10,13,15,18H,3-5,8,11-12,16H2,1-2H3.